The first-order valence-corrected chi connectivity index (χ1v) is 6.92. The van der Waals surface area contributed by atoms with Gasteiger partial charge in [-0.05, 0) is 37.5 Å². The van der Waals surface area contributed by atoms with E-state index >= 15 is 0 Å². The average Bonchev–Trinajstić information content (AvgIpc) is 3.13. The highest BCUT2D eigenvalue weighted by molar-refractivity contribution is 9.09. The minimum atomic E-state index is 0.0160. The standard InChI is InChI=1S/C13H16BrNO2/c1-9-2-3-10(8-12(9)16)13(17)15(7-6-14)11-4-5-11/h2-3,8,11,16H,4-7H2,1H3. The maximum atomic E-state index is 12.3. The van der Waals surface area contributed by atoms with Gasteiger partial charge in [0.15, 0.2) is 0 Å². The molecule has 0 aromatic heterocycles. The number of phenolic OH excluding ortho intramolecular Hbond substituents is 1. The number of carbonyl (C=O) groups excluding carboxylic acids is 1. The van der Waals surface area contributed by atoms with E-state index in [1.807, 2.05) is 11.8 Å². The molecule has 0 spiro atoms. The quantitative estimate of drug-likeness (QED) is 0.868. The maximum absolute atomic E-state index is 12.3. The zero-order valence-corrected chi connectivity index (χ0v) is 11.4. The smallest absolute Gasteiger partial charge is 0.254 e. The molecule has 0 atom stereocenters. The van der Waals surface area contributed by atoms with Crippen molar-refractivity contribution < 1.29 is 9.90 Å². The van der Waals surface area contributed by atoms with Gasteiger partial charge in [0, 0.05) is 23.5 Å². The molecule has 0 unspecified atom stereocenters. The fourth-order valence-electron chi connectivity index (χ4n) is 1.84. The van der Waals surface area contributed by atoms with Crippen molar-refractivity contribution in [2.45, 2.75) is 25.8 Å². The molecule has 2 rings (SSSR count). The number of hydrogen-bond donors (Lipinski definition) is 1. The third-order valence-corrected chi connectivity index (χ3v) is 3.38. The van der Waals surface area contributed by atoms with Crippen molar-refractivity contribution in [2.24, 2.45) is 0 Å². The molecule has 1 fully saturated rings. The Labute approximate surface area is 110 Å². The maximum Gasteiger partial charge on any atom is 0.254 e. The largest absolute Gasteiger partial charge is 0.508 e. The Morgan fingerprint density at radius 1 is 1.53 bits per heavy atom. The number of nitrogens with zero attached hydrogens (tertiary/aromatic N) is 1. The van der Waals surface area contributed by atoms with Crippen molar-refractivity contribution >= 4 is 21.8 Å². The van der Waals surface area contributed by atoms with Crippen molar-refractivity contribution in [3.8, 4) is 5.75 Å². The fraction of sp³-hybridized carbons (Fsp3) is 0.462. The summed E-state index contributed by atoms with van der Waals surface area (Å²) in [6, 6.07) is 5.51. The van der Waals surface area contributed by atoms with Crippen LogP contribution in [0.1, 0.15) is 28.8 Å². The monoisotopic (exact) mass is 297 g/mol. The lowest BCUT2D eigenvalue weighted by Gasteiger charge is -2.21. The lowest BCUT2D eigenvalue weighted by atomic mass is 10.1. The van der Waals surface area contributed by atoms with E-state index in [-0.39, 0.29) is 11.7 Å². The molecule has 4 heteroatoms. The summed E-state index contributed by atoms with van der Waals surface area (Å²) in [4.78, 5) is 14.2. The van der Waals surface area contributed by atoms with E-state index in [2.05, 4.69) is 15.9 Å². The van der Waals surface area contributed by atoms with Crippen molar-refractivity contribution in [1.82, 2.24) is 4.90 Å². The van der Waals surface area contributed by atoms with E-state index in [4.69, 9.17) is 0 Å². The second-order valence-corrected chi connectivity index (χ2v) is 5.21. The highest BCUT2D eigenvalue weighted by atomic mass is 79.9. The van der Waals surface area contributed by atoms with E-state index < -0.39 is 0 Å². The summed E-state index contributed by atoms with van der Waals surface area (Å²) < 4.78 is 0. The Morgan fingerprint density at radius 2 is 2.24 bits per heavy atom. The van der Waals surface area contributed by atoms with Crippen LogP contribution in [0, 0.1) is 6.92 Å². The van der Waals surface area contributed by atoms with Gasteiger partial charge in [0.1, 0.15) is 5.75 Å². The summed E-state index contributed by atoms with van der Waals surface area (Å²) in [5.41, 5.74) is 1.36. The van der Waals surface area contributed by atoms with Crippen LogP contribution in [0.4, 0.5) is 0 Å². The zero-order chi connectivity index (χ0) is 12.4. The first-order valence-electron chi connectivity index (χ1n) is 5.80. The third-order valence-electron chi connectivity index (χ3n) is 3.03. The van der Waals surface area contributed by atoms with Crippen LogP contribution < -0.4 is 0 Å². The predicted molar refractivity (Wildman–Crippen MR) is 70.7 cm³/mol. The Kier molecular flexibility index (Phi) is 3.72. The number of amides is 1. The van der Waals surface area contributed by atoms with Gasteiger partial charge < -0.3 is 10.0 Å². The van der Waals surface area contributed by atoms with Crippen LogP contribution in [-0.4, -0.2) is 33.8 Å². The second kappa shape index (κ2) is 5.08. The normalized spacial score (nSPS) is 14.7. The van der Waals surface area contributed by atoms with Crippen LogP contribution in [0.5, 0.6) is 5.75 Å². The van der Waals surface area contributed by atoms with Crippen LogP contribution in [0.25, 0.3) is 0 Å². The summed E-state index contributed by atoms with van der Waals surface area (Å²) in [7, 11) is 0. The number of aryl methyl sites for hydroxylation is 1. The number of benzene rings is 1. The molecule has 1 aliphatic rings. The predicted octanol–water partition coefficient (Wildman–Crippen LogP) is 2.70. The molecule has 1 saturated carbocycles. The van der Waals surface area contributed by atoms with E-state index in [0.717, 1.165) is 30.3 Å². The Morgan fingerprint density at radius 3 is 2.76 bits per heavy atom. The van der Waals surface area contributed by atoms with Gasteiger partial charge in [0.2, 0.25) is 0 Å². The number of alkyl halides is 1. The molecular formula is C13H16BrNO2. The lowest BCUT2D eigenvalue weighted by Crippen LogP contribution is -2.34. The lowest BCUT2D eigenvalue weighted by molar-refractivity contribution is 0.0754. The average molecular weight is 298 g/mol. The van der Waals surface area contributed by atoms with Crippen molar-refractivity contribution in [2.75, 3.05) is 11.9 Å². The van der Waals surface area contributed by atoms with Gasteiger partial charge in [-0.1, -0.05) is 22.0 Å². The van der Waals surface area contributed by atoms with Crippen LogP contribution in [-0.2, 0) is 0 Å². The van der Waals surface area contributed by atoms with Gasteiger partial charge >= 0.3 is 0 Å². The molecule has 0 saturated heterocycles. The first-order chi connectivity index (χ1) is 8.13. The van der Waals surface area contributed by atoms with Gasteiger partial charge in [-0.3, -0.25) is 4.79 Å². The highest BCUT2D eigenvalue weighted by Crippen LogP contribution is 2.29. The van der Waals surface area contributed by atoms with Crippen molar-refractivity contribution in [1.29, 1.82) is 0 Å². The molecule has 1 aromatic rings. The minimum absolute atomic E-state index is 0.0160. The molecule has 0 aliphatic heterocycles. The van der Waals surface area contributed by atoms with Crippen molar-refractivity contribution in [3.05, 3.63) is 29.3 Å². The summed E-state index contributed by atoms with van der Waals surface area (Å²) in [6.07, 6.45) is 2.19. The Balaban J connectivity index is 2.19. The van der Waals surface area contributed by atoms with Crippen LogP contribution in [0.15, 0.2) is 18.2 Å². The Bertz CT molecular complexity index is 429. The van der Waals surface area contributed by atoms with Crippen molar-refractivity contribution in [3.63, 3.8) is 0 Å². The van der Waals surface area contributed by atoms with Gasteiger partial charge in [-0.15, -0.1) is 0 Å². The molecule has 3 nitrogen and oxygen atoms in total. The van der Waals surface area contributed by atoms with Crippen LogP contribution in [0.3, 0.4) is 0 Å². The number of aromatic hydroxyl groups is 1. The molecule has 0 bridgehead atoms. The summed E-state index contributed by atoms with van der Waals surface area (Å²) in [6.45, 7) is 2.54. The summed E-state index contributed by atoms with van der Waals surface area (Å²) >= 11 is 3.37. The number of hydrogen-bond acceptors (Lipinski definition) is 2. The summed E-state index contributed by atoms with van der Waals surface area (Å²) in [5, 5.41) is 10.4. The van der Waals surface area contributed by atoms with E-state index in [9.17, 15) is 9.90 Å². The molecule has 1 N–H and O–H groups in total. The van der Waals surface area contributed by atoms with E-state index in [1.165, 1.54) is 0 Å². The zero-order valence-electron chi connectivity index (χ0n) is 9.82. The van der Waals surface area contributed by atoms with Gasteiger partial charge in [-0.2, -0.15) is 0 Å². The first kappa shape index (κ1) is 12.4. The topological polar surface area (TPSA) is 40.5 Å². The fourth-order valence-corrected chi connectivity index (χ4v) is 2.22. The van der Waals surface area contributed by atoms with Crippen LogP contribution in [0.2, 0.25) is 0 Å². The van der Waals surface area contributed by atoms with Crippen LogP contribution >= 0.6 is 15.9 Å². The number of rotatable bonds is 4. The molecule has 0 heterocycles. The van der Waals surface area contributed by atoms with Gasteiger partial charge in [0.25, 0.3) is 5.91 Å². The molecule has 1 aliphatic carbocycles. The molecule has 1 aromatic carbocycles. The summed E-state index contributed by atoms with van der Waals surface area (Å²) in [5.74, 6) is 0.202. The number of halogens is 1. The number of carbonyl (C=O) groups is 1. The van der Waals surface area contributed by atoms with Gasteiger partial charge in [0.05, 0.1) is 0 Å². The van der Waals surface area contributed by atoms with E-state index in [1.54, 1.807) is 18.2 Å². The molecular weight excluding hydrogens is 282 g/mol. The van der Waals surface area contributed by atoms with E-state index in [0.29, 0.717) is 11.6 Å². The SMILES string of the molecule is Cc1ccc(C(=O)N(CCBr)C2CC2)cc1O. The third kappa shape index (κ3) is 2.80. The molecule has 1 amide bonds. The molecule has 17 heavy (non-hydrogen) atoms. The molecule has 0 radical (unpaired) electrons. The molecule has 92 valence electrons. The second-order valence-electron chi connectivity index (χ2n) is 4.42. The Hall–Kier alpha value is -1.03. The number of phenols is 1. The van der Waals surface area contributed by atoms with Gasteiger partial charge in [-0.25, -0.2) is 0 Å². The minimum Gasteiger partial charge on any atom is -0.508 e. The highest BCUT2D eigenvalue weighted by Gasteiger charge is 2.32.